The normalized spacial score (nSPS) is 16.6. The predicted octanol–water partition coefficient (Wildman–Crippen LogP) is 4.57. The molecule has 2 N–H and O–H groups in total. The first-order valence-corrected chi connectivity index (χ1v) is 14.4. The van der Waals surface area contributed by atoms with Gasteiger partial charge in [-0.1, -0.05) is 37.7 Å². The van der Waals surface area contributed by atoms with Crippen LogP contribution in [-0.4, -0.2) is 70.0 Å². The number of aromatic nitrogens is 3. The van der Waals surface area contributed by atoms with E-state index in [1.165, 1.54) is 38.8 Å². The molecule has 2 aromatic heterocycles. The molecule has 0 bridgehead atoms. The lowest BCUT2D eigenvalue weighted by atomic mass is 9.99. The van der Waals surface area contributed by atoms with E-state index in [0.29, 0.717) is 35.3 Å². The number of methoxy groups -OCH3 is 1. The molecule has 8 heteroatoms. The molecule has 2 aliphatic heterocycles. The Labute approximate surface area is 237 Å². The number of carbonyl (C=O) groups excluding carboxylic acids is 1. The minimum atomic E-state index is 0.0190. The van der Waals surface area contributed by atoms with Gasteiger partial charge in [0, 0.05) is 36.5 Å². The lowest BCUT2D eigenvalue weighted by Gasteiger charge is -2.38. The van der Waals surface area contributed by atoms with Crippen LogP contribution < -0.4 is 10.5 Å². The number of benzene rings is 1. The molecule has 1 amide bonds. The Kier molecular flexibility index (Phi) is 8.92. The summed E-state index contributed by atoms with van der Waals surface area (Å²) in [7, 11) is 1.60. The summed E-state index contributed by atoms with van der Waals surface area (Å²) in [6.07, 6.45) is 11.2. The molecule has 2 fully saturated rings. The number of piperidine rings is 1. The summed E-state index contributed by atoms with van der Waals surface area (Å²) < 4.78 is 5.73. The van der Waals surface area contributed by atoms with E-state index in [2.05, 4.69) is 31.7 Å². The number of hydrogen-bond donors (Lipinski definition) is 1. The third-order valence-electron chi connectivity index (χ3n) is 7.99. The smallest absolute Gasteiger partial charge is 0.257 e. The third kappa shape index (κ3) is 6.26. The van der Waals surface area contributed by atoms with Crippen molar-refractivity contribution in [3.8, 4) is 28.8 Å². The molecule has 0 radical (unpaired) electrons. The standard InChI is InChI=1S/C32H38N6O2/c1-3-28-26(11-8-23-9-13-30(33)34-21-23)31(36-22-35-28)24-10-12-27(29(20-24)40-2)32(39)38-18-14-25(15-19-38)37-16-6-4-5-7-17-37/h9-10,12-13,20-22,25H,3-7,14-19H2,1-2H3,(H2,33,34). The van der Waals surface area contributed by atoms with Crippen LogP contribution in [0.5, 0.6) is 5.75 Å². The highest BCUT2D eigenvalue weighted by Crippen LogP contribution is 2.31. The maximum Gasteiger partial charge on any atom is 0.257 e. The van der Waals surface area contributed by atoms with Crippen LogP contribution in [0.15, 0.2) is 42.9 Å². The molecule has 2 saturated heterocycles. The number of hydrogen-bond acceptors (Lipinski definition) is 7. The number of nitrogens with zero attached hydrogens (tertiary/aromatic N) is 5. The lowest BCUT2D eigenvalue weighted by molar-refractivity contribution is 0.0620. The van der Waals surface area contributed by atoms with Gasteiger partial charge in [0.05, 0.1) is 29.6 Å². The summed E-state index contributed by atoms with van der Waals surface area (Å²) >= 11 is 0. The monoisotopic (exact) mass is 538 g/mol. The summed E-state index contributed by atoms with van der Waals surface area (Å²) in [5.41, 5.74) is 10.2. The summed E-state index contributed by atoms with van der Waals surface area (Å²) in [5.74, 6) is 7.42. The number of rotatable bonds is 5. The minimum Gasteiger partial charge on any atom is -0.496 e. The Morgan fingerprint density at radius 3 is 2.45 bits per heavy atom. The Balaban J connectivity index is 1.36. The molecule has 0 spiro atoms. The van der Waals surface area contributed by atoms with E-state index >= 15 is 0 Å². The Morgan fingerprint density at radius 1 is 1.00 bits per heavy atom. The van der Waals surface area contributed by atoms with Gasteiger partial charge in [-0.3, -0.25) is 4.79 Å². The molecule has 3 aromatic rings. The first-order chi connectivity index (χ1) is 19.6. The Bertz CT molecular complexity index is 1380. The number of anilines is 1. The van der Waals surface area contributed by atoms with Gasteiger partial charge in [-0.15, -0.1) is 0 Å². The molecule has 0 unspecified atom stereocenters. The van der Waals surface area contributed by atoms with Gasteiger partial charge in [0.25, 0.3) is 5.91 Å². The van der Waals surface area contributed by atoms with Gasteiger partial charge in [0.2, 0.25) is 0 Å². The van der Waals surface area contributed by atoms with Crippen molar-refractivity contribution in [1.29, 1.82) is 0 Å². The predicted molar refractivity (Wildman–Crippen MR) is 157 cm³/mol. The van der Waals surface area contributed by atoms with Crippen molar-refractivity contribution < 1.29 is 9.53 Å². The third-order valence-corrected chi connectivity index (χ3v) is 7.99. The maximum absolute atomic E-state index is 13.6. The fraction of sp³-hybridized carbons (Fsp3) is 0.438. The van der Waals surface area contributed by atoms with Crippen molar-refractivity contribution in [3.63, 3.8) is 0 Å². The van der Waals surface area contributed by atoms with E-state index in [1.807, 2.05) is 36.1 Å². The average molecular weight is 539 g/mol. The van der Waals surface area contributed by atoms with Crippen LogP contribution in [0.25, 0.3) is 11.3 Å². The van der Waals surface area contributed by atoms with Crippen molar-refractivity contribution in [2.24, 2.45) is 0 Å². The van der Waals surface area contributed by atoms with E-state index in [4.69, 9.17) is 10.5 Å². The van der Waals surface area contributed by atoms with E-state index in [1.54, 1.807) is 25.7 Å². The summed E-state index contributed by atoms with van der Waals surface area (Å²) in [6, 6.07) is 9.81. The van der Waals surface area contributed by atoms with Gasteiger partial charge >= 0.3 is 0 Å². The fourth-order valence-electron chi connectivity index (χ4n) is 5.73. The van der Waals surface area contributed by atoms with Crippen molar-refractivity contribution in [2.75, 3.05) is 39.0 Å². The number of amides is 1. The van der Waals surface area contributed by atoms with Crippen LogP contribution >= 0.6 is 0 Å². The zero-order chi connectivity index (χ0) is 27.9. The topological polar surface area (TPSA) is 97.5 Å². The molecule has 40 heavy (non-hydrogen) atoms. The zero-order valence-corrected chi connectivity index (χ0v) is 23.5. The van der Waals surface area contributed by atoms with Gasteiger partial charge in [-0.05, 0) is 69.5 Å². The number of nitrogen functional groups attached to an aromatic ring is 1. The van der Waals surface area contributed by atoms with E-state index in [9.17, 15) is 4.79 Å². The minimum absolute atomic E-state index is 0.0190. The van der Waals surface area contributed by atoms with E-state index in [-0.39, 0.29) is 5.91 Å². The number of aryl methyl sites for hydroxylation is 1. The number of carbonyl (C=O) groups is 1. The number of nitrogens with two attached hydrogens (primary N) is 1. The summed E-state index contributed by atoms with van der Waals surface area (Å²) in [4.78, 5) is 31.4. The molecule has 4 heterocycles. The second-order valence-electron chi connectivity index (χ2n) is 10.5. The summed E-state index contributed by atoms with van der Waals surface area (Å²) in [6.45, 7) is 5.98. The first kappa shape index (κ1) is 27.6. The van der Waals surface area contributed by atoms with Crippen LogP contribution in [0.2, 0.25) is 0 Å². The van der Waals surface area contributed by atoms with Crippen LogP contribution in [0.4, 0.5) is 5.82 Å². The van der Waals surface area contributed by atoms with Gasteiger partial charge < -0.3 is 20.3 Å². The Hall–Kier alpha value is -3.96. The van der Waals surface area contributed by atoms with Crippen molar-refractivity contribution in [3.05, 3.63) is 65.2 Å². The molecular weight excluding hydrogens is 500 g/mol. The van der Waals surface area contributed by atoms with Crippen molar-refractivity contribution in [1.82, 2.24) is 24.8 Å². The summed E-state index contributed by atoms with van der Waals surface area (Å²) in [5, 5.41) is 0. The quantitative estimate of drug-likeness (QED) is 0.475. The molecule has 2 aliphatic rings. The Morgan fingerprint density at radius 2 is 1.77 bits per heavy atom. The SMILES string of the molecule is CCc1ncnc(-c2ccc(C(=O)N3CCC(N4CCCCCC4)CC3)c(OC)c2)c1C#Cc1ccc(N)nc1. The number of pyridine rings is 1. The highest BCUT2D eigenvalue weighted by Gasteiger charge is 2.29. The molecule has 8 nitrogen and oxygen atoms in total. The molecule has 1 aromatic carbocycles. The van der Waals surface area contributed by atoms with Gasteiger partial charge in [-0.25, -0.2) is 15.0 Å². The molecule has 0 aliphatic carbocycles. The van der Waals surface area contributed by atoms with Gasteiger partial charge in [0.1, 0.15) is 17.9 Å². The average Bonchev–Trinajstić information content (AvgIpc) is 3.30. The zero-order valence-electron chi connectivity index (χ0n) is 23.5. The second kappa shape index (κ2) is 12.9. The maximum atomic E-state index is 13.6. The highest BCUT2D eigenvalue weighted by molar-refractivity contribution is 5.97. The fourth-order valence-corrected chi connectivity index (χ4v) is 5.73. The highest BCUT2D eigenvalue weighted by atomic mass is 16.5. The van der Waals surface area contributed by atoms with Crippen LogP contribution in [0.1, 0.15) is 72.6 Å². The van der Waals surface area contributed by atoms with Crippen LogP contribution in [0.3, 0.4) is 0 Å². The molecule has 5 rings (SSSR count). The largest absolute Gasteiger partial charge is 0.496 e. The second-order valence-corrected chi connectivity index (χ2v) is 10.5. The lowest BCUT2D eigenvalue weighted by Crippen LogP contribution is -2.47. The molecule has 0 saturated carbocycles. The van der Waals surface area contributed by atoms with Crippen molar-refractivity contribution in [2.45, 2.75) is 57.9 Å². The van der Waals surface area contributed by atoms with Gasteiger partial charge in [-0.2, -0.15) is 0 Å². The van der Waals surface area contributed by atoms with E-state index in [0.717, 1.165) is 48.3 Å². The van der Waals surface area contributed by atoms with E-state index < -0.39 is 0 Å². The van der Waals surface area contributed by atoms with Crippen molar-refractivity contribution >= 4 is 11.7 Å². The first-order valence-electron chi connectivity index (χ1n) is 14.4. The van der Waals surface area contributed by atoms with Gasteiger partial charge in [0.15, 0.2) is 0 Å². The van der Waals surface area contributed by atoms with Crippen LogP contribution in [0, 0.1) is 11.8 Å². The van der Waals surface area contributed by atoms with Crippen LogP contribution in [-0.2, 0) is 6.42 Å². The molecular formula is C32H38N6O2. The number of likely N-dealkylation sites (tertiary alicyclic amines) is 2. The molecule has 208 valence electrons. The number of ether oxygens (including phenoxy) is 1. The molecule has 0 atom stereocenters.